The van der Waals surface area contributed by atoms with Crippen molar-refractivity contribution in [3.63, 3.8) is 0 Å². The molecule has 1 unspecified atom stereocenters. The standard InChI is InChI=1S/C5H13NO4/c1-4(7)3-6(2)5(8,9)10/h4,7-10H,3H2,1-2H3. The van der Waals surface area contributed by atoms with E-state index in [1.54, 1.807) is 0 Å². The fourth-order valence-corrected chi connectivity index (χ4v) is 0.519. The number of nitrogens with zero attached hydrogens (tertiary/aromatic N) is 1. The number of aliphatic hydroxyl groups is 4. The summed E-state index contributed by atoms with van der Waals surface area (Å²) in [5, 5.41) is 34.1. The van der Waals surface area contributed by atoms with Crippen LogP contribution in [-0.2, 0) is 0 Å². The van der Waals surface area contributed by atoms with Crippen LogP contribution >= 0.6 is 0 Å². The van der Waals surface area contributed by atoms with E-state index < -0.39 is 12.2 Å². The van der Waals surface area contributed by atoms with Gasteiger partial charge >= 0.3 is 6.10 Å². The molecule has 0 rings (SSSR count). The molecule has 0 heterocycles. The molecule has 0 aliphatic carbocycles. The van der Waals surface area contributed by atoms with E-state index >= 15 is 0 Å². The maximum Gasteiger partial charge on any atom is 0.345 e. The average molecular weight is 151 g/mol. The minimum Gasteiger partial charge on any atom is -0.392 e. The van der Waals surface area contributed by atoms with Crippen LogP contribution in [0.1, 0.15) is 6.92 Å². The smallest absolute Gasteiger partial charge is 0.345 e. The summed E-state index contributed by atoms with van der Waals surface area (Å²) >= 11 is 0. The van der Waals surface area contributed by atoms with Gasteiger partial charge in [-0.15, -0.1) is 0 Å². The van der Waals surface area contributed by atoms with E-state index in [9.17, 15) is 0 Å². The van der Waals surface area contributed by atoms with Crippen LogP contribution in [0.5, 0.6) is 0 Å². The van der Waals surface area contributed by atoms with Crippen LogP contribution in [0, 0.1) is 0 Å². The zero-order valence-electron chi connectivity index (χ0n) is 6.02. The summed E-state index contributed by atoms with van der Waals surface area (Å²) in [7, 11) is 1.27. The molecule has 1 atom stereocenters. The third-order valence-electron chi connectivity index (χ3n) is 1.05. The van der Waals surface area contributed by atoms with Gasteiger partial charge in [-0.2, -0.15) is 0 Å². The lowest BCUT2D eigenvalue weighted by molar-refractivity contribution is -0.389. The summed E-state index contributed by atoms with van der Waals surface area (Å²) in [6, 6.07) is 0. The third-order valence-corrected chi connectivity index (χ3v) is 1.05. The molecule has 0 aliphatic heterocycles. The number of hydrogen-bond donors (Lipinski definition) is 4. The third kappa shape index (κ3) is 3.76. The summed E-state index contributed by atoms with van der Waals surface area (Å²) in [6.45, 7) is 1.46. The van der Waals surface area contributed by atoms with Crippen molar-refractivity contribution >= 4 is 0 Å². The van der Waals surface area contributed by atoms with Crippen molar-refractivity contribution in [3.8, 4) is 0 Å². The fourth-order valence-electron chi connectivity index (χ4n) is 0.519. The summed E-state index contributed by atoms with van der Waals surface area (Å²) in [6.07, 6.45) is -3.55. The Morgan fingerprint density at radius 2 is 1.80 bits per heavy atom. The SMILES string of the molecule is CC(O)CN(C)C(O)(O)O. The molecule has 0 saturated carbocycles. The number of likely N-dealkylation sites (N-methyl/N-ethyl adjacent to an activating group) is 1. The van der Waals surface area contributed by atoms with Crippen molar-refractivity contribution in [1.29, 1.82) is 0 Å². The molecule has 4 N–H and O–H groups in total. The first-order valence-electron chi connectivity index (χ1n) is 2.90. The second-order valence-electron chi connectivity index (χ2n) is 2.33. The molecule has 0 bridgehead atoms. The van der Waals surface area contributed by atoms with E-state index in [0.29, 0.717) is 0 Å². The van der Waals surface area contributed by atoms with Crippen molar-refractivity contribution in [1.82, 2.24) is 4.90 Å². The Bertz CT molecular complexity index is 98.3. The highest BCUT2D eigenvalue weighted by molar-refractivity contribution is 4.55. The molecule has 0 aromatic heterocycles. The Morgan fingerprint density at radius 1 is 1.40 bits per heavy atom. The normalized spacial score (nSPS) is 15.9. The van der Waals surface area contributed by atoms with Crippen LogP contribution < -0.4 is 0 Å². The van der Waals surface area contributed by atoms with E-state index in [-0.39, 0.29) is 6.54 Å². The number of aliphatic hydroxyl groups excluding tert-OH is 1. The van der Waals surface area contributed by atoms with E-state index in [1.165, 1.54) is 14.0 Å². The van der Waals surface area contributed by atoms with Gasteiger partial charge in [0.2, 0.25) is 0 Å². The maximum absolute atomic E-state index is 8.71. The van der Waals surface area contributed by atoms with Crippen molar-refractivity contribution in [2.24, 2.45) is 0 Å². The molecule has 0 aliphatic rings. The predicted octanol–water partition coefficient (Wildman–Crippen LogP) is -2.11. The predicted molar refractivity (Wildman–Crippen MR) is 33.7 cm³/mol. The quantitative estimate of drug-likeness (QED) is 0.347. The molecular weight excluding hydrogens is 138 g/mol. The van der Waals surface area contributed by atoms with E-state index in [0.717, 1.165) is 4.90 Å². The zero-order chi connectivity index (χ0) is 8.36. The van der Waals surface area contributed by atoms with Crippen molar-refractivity contribution in [3.05, 3.63) is 0 Å². The zero-order valence-corrected chi connectivity index (χ0v) is 6.02. The first-order chi connectivity index (χ1) is 4.34. The molecule has 0 aromatic carbocycles. The van der Waals surface area contributed by atoms with Crippen LogP contribution in [0.3, 0.4) is 0 Å². The topological polar surface area (TPSA) is 84.2 Å². The minimum absolute atomic E-state index is 0.0104. The van der Waals surface area contributed by atoms with Crippen molar-refractivity contribution in [2.75, 3.05) is 13.6 Å². The highest BCUT2D eigenvalue weighted by atomic mass is 16.7. The molecule has 10 heavy (non-hydrogen) atoms. The van der Waals surface area contributed by atoms with Gasteiger partial charge < -0.3 is 20.4 Å². The minimum atomic E-state index is -2.84. The second-order valence-corrected chi connectivity index (χ2v) is 2.33. The second kappa shape index (κ2) is 3.27. The lowest BCUT2D eigenvalue weighted by Crippen LogP contribution is -2.48. The molecule has 5 heteroatoms. The Kier molecular flexibility index (Phi) is 3.20. The lowest BCUT2D eigenvalue weighted by Gasteiger charge is -2.26. The molecule has 0 spiro atoms. The summed E-state index contributed by atoms with van der Waals surface area (Å²) in [4.78, 5) is 0.803. The van der Waals surface area contributed by atoms with Gasteiger partial charge in [-0.1, -0.05) is 0 Å². The van der Waals surface area contributed by atoms with Gasteiger partial charge in [-0.25, -0.2) is 4.90 Å². The van der Waals surface area contributed by atoms with E-state index in [1.807, 2.05) is 0 Å². The lowest BCUT2D eigenvalue weighted by atomic mass is 10.4. The van der Waals surface area contributed by atoms with Crippen LogP contribution in [0.2, 0.25) is 0 Å². The summed E-state index contributed by atoms with van der Waals surface area (Å²) < 4.78 is 0. The molecule has 0 aromatic rings. The highest BCUT2D eigenvalue weighted by Crippen LogP contribution is 2.00. The van der Waals surface area contributed by atoms with Crippen LogP contribution in [0.15, 0.2) is 0 Å². The number of rotatable bonds is 3. The highest BCUT2D eigenvalue weighted by Gasteiger charge is 2.25. The Balaban J connectivity index is 3.73. The van der Waals surface area contributed by atoms with Gasteiger partial charge in [0.15, 0.2) is 0 Å². The van der Waals surface area contributed by atoms with Crippen LogP contribution in [-0.4, -0.2) is 51.1 Å². The van der Waals surface area contributed by atoms with Crippen LogP contribution in [0.25, 0.3) is 0 Å². The van der Waals surface area contributed by atoms with Gasteiger partial charge in [0.05, 0.1) is 6.10 Å². The van der Waals surface area contributed by atoms with Gasteiger partial charge in [-0.3, -0.25) is 0 Å². The molecule has 5 nitrogen and oxygen atoms in total. The van der Waals surface area contributed by atoms with Gasteiger partial charge in [0.1, 0.15) is 0 Å². The van der Waals surface area contributed by atoms with E-state index in [2.05, 4.69) is 0 Å². The molecule has 0 saturated heterocycles. The number of hydrogen-bond acceptors (Lipinski definition) is 5. The fraction of sp³-hybridized carbons (Fsp3) is 1.00. The van der Waals surface area contributed by atoms with Crippen molar-refractivity contribution < 1.29 is 20.4 Å². The average Bonchev–Trinajstić information content (AvgIpc) is 1.60. The first-order valence-corrected chi connectivity index (χ1v) is 2.90. The summed E-state index contributed by atoms with van der Waals surface area (Å²) in [5.41, 5.74) is 0. The Hall–Kier alpha value is -0.200. The van der Waals surface area contributed by atoms with Crippen LogP contribution in [0.4, 0.5) is 0 Å². The van der Waals surface area contributed by atoms with Gasteiger partial charge in [-0.05, 0) is 14.0 Å². The molecule has 0 amide bonds. The molecular formula is C5H13NO4. The molecule has 62 valence electrons. The molecule has 0 radical (unpaired) electrons. The Labute approximate surface area is 59.1 Å². The Morgan fingerprint density at radius 3 is 1.90 bits per heavy atom. The molecule has 0 fully saturated rings. The maximum atomic E-state index is 8.71. The van der Waals surface area contributed by atoms with Gasteiger partial charge in [0.25, 0.3) is 0 Å². The van der Waals surface area contributed by atoms with Crippen molar-refractivity contribution in [2.45, 2.75) is 19.1 Å². The van der Waals surface area contributed by atoms with Gasteiger partial charge in [0, 0.05) is 6.54 Å². The monoisotopic (exact) mass is 151 g/mol. The first kappa shape index (κ1) is 9.80. The largest absolute Gasteiger partial charge is 0.392 e. The van der Waals surface area contributed by atoms with E-state index in [4.69, 9.17) is 20.4 Å². The summed E-state index contributed by atoms with van der Waals surface area (Å²) in [5.74, 6) is 0.